The summed E-state index contributed by atoms with van der Waals surface area (Å²) in [5.74, 6) is 1.33. The second kappa shape index (κ2) is 6.44. The topological polar surface area (TPSA) is 36.7 Å². The van der Waals surface area contributed by atoms with Gasteiger partial charge in [-0.1, -0.05) is 0 Å². The van der Waals surface area contributed by atoms with Crippen LogP contribution in [0.5, 0.6) is 0 Å². The minimum Gasteiger partial charge on any atom is -0.472 e. The molecule has 21 heavy (non-hydrogen) atoms. The van der Waals surface area contributed by atoms with Crippen molar-refractivity contribution in [3.8, 4) is 0 Å². The minimum atomic E-state index is 0.127. The molecule has 1 amide bonds. The van der Waals surface area contributed by atoms with Crippen LogP contribution < -0.4 is 0 Å². The molecule has 3 heterocycles. The number of piperidine rings is 1. The number of amides is 1. The Labute approximate surface area is 130 Å². The van der Waals surface area contributed by atoms with Gasteiger partial charge in [0.1, 0.15) is 6.26 Å². The van der Waals surface area contributed by atoms with Crippen LogP contribution in [0.4, 0.5) is 0 Å². The van der Waals surface area contributed by atoms with Crippen LogP contribution in [0.1, 0.15) is 29.6 Å². The molecule has 1 atom stereocenters. The summed E-state index contributed by atoms with van der Waals surface area (Å²) in [6.07, 6.45) is 8.97. The molecule has 4 nitrogen and oxygen atoms in total. The number of furan rings is 1. The zero-order valence-corrected chi connectivity index (χ0v) is 13.5. The van der Waals surface area contributed by atoms with Gasteiger partial charge in [0.25, 0.3) is 5.91 Å². The van der Waals surface area contributed by atoms with Crippen LogP contribution in [-0.4, -0.2) is 60.4 Å². The van der Waals surface area contributed by atoms with Gasteiger partial charge in [-0.25, -0.2) is 0 Å². The second-order valence-corrected chi connectivity index (χ2v) is 7.35. The molecule has 0 aliphatic carbocycles. The van der Waals surface area contributed by atoms with Crippen LogP contribution >= 0.6 is 11.8 Å². The molecule has 0 radical (unpaired) electrons. The normalized spacial score (nSPS) is 26.6. The maximum atomic E-state index is 12.4. The molecule has 0 saturated carbocycles. The Bertz CT molecular complexity index is 477. The van der Waals surface area contributed by atoms with Gasteiger partial charge in [-0.05, 0) is 38.1 Å². The second-order valence-electron chi connectivity index (χ2n) is 6.36. The molecular weight excluding hydrogens is 284 g/mol. The highest BCUT2D eigenvalue weighted by Gasteiger charge is 2.42. The van der Waals surface area contributed by atoms with E-state index < -0.39 is 0 Å². The number of carbonyl (C=O) groups is 1. The van der Waals surface area contributed by atoms with Crippen molar-refractivity contribution in [2.45, 2.75) is 19.3 Å². The lowest BCUT2D eigenvalue weighted by Gasteiger charge is -2.40. The molecule has 1 aromatic heterocycles. The number of rotatable bonds is 4. The van der Waals surface area contributed by atoms with Gasteiger partial charge in [-0.2, -0.15) is 11.8 Å². The van der Waals surface area contributed by atoms with Crippen molar-refractivity contribution in [1.29, 1.82) is 0 Å². The Balaban J connectivity index is 1.61. The van der Waals surface area contributed by atoms with Gasteiger partial charge in [-0.3, -0.25) is 4.79 Å². The van der Waals surface area contributed by atoms with Crippen molar-refractivity contribution in [3.63, 3.8) is 0 Å². The van der Waals surface area contributed by atoms with E-state index >= 15 is 0 Å². The Morgan fingerprint density at radius 2 is 2.29 bits per heavy atom. The van der Waals surface area contributed by atoms with E-state index in [9.17, 15) is 4.79 Å². The molecule has 2 saturated heterocycles. The highest BCUT2D eigenvalue weighted by Crippen LogP contribution is 2.39. The zero-order chi connectivity index (χ0) is 14.7. The third-order valence-electron chi connectivity index (χ3n) is 4.85. The third kappa shape index (κ3) is 3.29. The Morgan fingerprint density at radius 1 is 1.38 bits per heavy atom. The van der Waals surface area contributed by atoms with E-state index in [1.54, 1.807) is 18.6 Å². The van der Waals surface area contributed by atoms with Gasteiger partial charge in [0.2, 0.25) is 0 Å². The summed E-state index contributed by atoms with van der Waals surface area (Å²) in [7, 11) is 0. The predicted molar refractivity (Wildman–Crippen MR) is 85.7 cm³/mol. The summed E-state index contributed by atoms with van der Waals surface area (Å²) in [6, 6.07) is 1.76. The Kier molecular flexibility index (Phi) is 4.60. The van der Waals surface area contributed by atoms with Crippen LogP contribution in [0.15, 0.2) is 23.0 Å². The van der Waals surface area contributed by atoms with Crippen molar-refractivity contribution in [2.24, 2.45) is 5.41 Å². The summed E-state index contributed by atoms with van der Waals surface area (Å²) in [5.41, 5.74) is 1.01. The molecule has 2 aliphatic heterocycles. The van der Waals surface area contributed by atoms with Crippen molar-refractivity contribution in [2.75, 3.05) is 44.7 Å². The van der Waals surface area contributed by atoms with Crippen LogP contribution in [0.25, 0.3) is 0 Å². The Morgan fingerprint density at radius 3 is 3.05 bits per heavy atom. The SMILES string of the molecule is CSCCN1CCCC2(CCN(C(=O)c3ccoc3)C2)C1. The number of hydrogen-bond donors (Lipinski definition) is 0. The average Bonchev–Trinajstić information content (AvgIpc) is 3.15. The molecule has 116 valence electrons. The number of nitrogens with zero attached hydrogens (tertiary/aromatic N) is 2. The van der Waals surface area contributed by atoms with E-state index in [1.165, 1.54) is 31.7 Å². The van der Waals surface area contributed by atoms with Crippen molar-refractivity contribution < 1.29 is 9.21 Å². The highest BCUT2D eigenvalue weighted by molar-refractivity contribution is 7.98. The molecular formula is C16H24N2O2S. The van der Waals surface area contributed by atoms with Gasteiger partial charge in [-0.15, -0.1) is 0 Å². The Hall–Kier alpha value is -0.940. The fourth-order valence-corrected chi connectivity index (χ4v) is 4.17. The quantitative estimate of drug-likeness (QED) is 0.856. The molecule has 3 rings (SSSR count). The lowest BCUT2D eigenvalue weighted by Crippen LogP contribution is -2.46. The van der Waals surface area contributed by atoms with Gasteiger partial charge in [0.15, 0.2) is 0 Å². The summed E-state index contributed by atoms with van der Waals surface area (Å²) >= 11 is 1.91. The average molecular weight is 308 g/mol. The maximum Gasteiger partial charge on any atom is 0.257 e. The standard InChI is InChI=1S/C16H24N2O2S/c1-21-10-8-17-6-2-4-16(12-17)5-7-18(13-16)15(19)14-3-9-20-11-14/h3,9,11H,2,4-8,10,12-13H2,1H3. The molecule has 0 bridgehead atoms. The lowest BCUT2D eigenvalue weighted by atomic mass is 9.79. The summed E-state index contributed by atoms with van der Waals surface area (Å²) < 4.78 is 5.04. The van der Waals surface area contributed by atoms with Crippen LogP contribution in [0, 0.1) is 5.41 Å². The number of carbonyl (C=O) groups excluding carboxylic acids is 1. The molecule has 0 aromatic carbocycles. The van der Waals surface area contributed by atoms with Crippen LogP contribution in [0.2, 0.25) is 0 Å². The fourth-order valence-electron chi connectivity index (χ4n) is 3.73. The van der Waals surface area contributed by atoms with E-state index in [0.717, 1.165) is 26.1 Å². The number of thioether (sulfide) groups is 1. The lowest BCUT2D eigenvalue weighted by molar-refractivity contribution is 0.0700. The largest absolute Gasteiger partial charge is 0.472 e. The maximum absolute atomic E-state index is 12.4. The molecule has 5 heteroatoms. The molecule has 1 unspecified atom stereocenters. The number of likely N-dealkylation sites (tertiary alicyclic amines) is 2. The molecule has 2 aliphatic rings. The van der Waals surface area contributed by atoms with Gasteiger partial charge >= 0.3 is 0 Å². The monoisotopic (exact) mass is 308 g/mol. The molecule has 1 aromatic rings. The van der Waals surface area contributed by atoms with Crippen molar-refractivity contribution in [3.05, 3.63) is 24.2 Å². The van der Waals surface area contributed by atoms with Gasteiger partial charge in [0, 0.05) is 37.3 Å². The number of hydrogen-bond acceptors (Lipinski definition) is 4. The minimum absolute atomic E-state index is 0.127. The van der Waals surface area contributed by atoms with Crippen molar-refractivity contribution in [1.82, 2.24) is 9.80 Å². The van der Waals surface area contributed by atoms with Gasteiger partial charge in [0.05, 0.1) is 11.8 Å². The fraction of sp³-hybridized carbons (Fsp3) is 0.688. The van der Waals surface area contributed by atoms with E-state index in [1.807, 2.05) is 16.7 Å². The third-order valence-corrected chi connectivity index (χ3v) is 5.44. The van der Waals surface area contributed by atoms with Crippen LogP contribution in [-0.2, 0) is 0 Å². The van der Waals surface area contributed by atoms with Crippen LogP contribution in [0.3, 0.4) is 0 Å². The molecule has 1 spiro atoms. The summed E-state index contributed by atoms with van der Waals surface area (Å²) in [5, 5.41) is 0. The first-order chi connectivity index (χ1) is 10.2. The first-order valence-corrected chi connectivity index (χ1v) is 9.15. The van der Waals surface area contributed by atoms with E-state index in [4.69, 9.17) is 4.42 Å². The van der Waals surface area contributed by atoms with Gasteiger partial charge < -0.3 is 14.2 Å². The van der Waals surface area contributed by atoms with E-state index in [0.29, 0.717) is 11.0 Å². The van der Waals surface area contributed by atoms with Crippen molar-refractivity contribution >= 4 is 17.7 Å². The smallest absolute Gasteiger partial charge is 0.257 e. The summed E-state index contributed by atoms with van der Waals surface area (Å²) in [4.78, 5) is 17.0. The molecule has 0 N–H and O–H groups in total. The van der Waals surface area contributed by atoms with E-state index in [2.05, 4.69) is 11.2 Å². The predicted octanol–water partition coefficient (Wildman–Crippen LogP) is 2.57. The van der Waals surface area contributed by atoms with E-state index in [-0.39, 0.29) is 5.91 Å². The highest BCUT2D eigenvalue weighted by atomic mass is 32.2. The summed E-state index contributed by atoms with van der Waals surface area (Å²) in [6.45, 7) is 5.35. The molecule has 2 fully saturated rings. The first kappa shape index (κ1) is 15.0. The zero-order valence-electron chi connectivity index (χ0n) is 12.7. The first-order valence-electron chi connectivity index (χ1n) is 7.75.